The Morgan fingerprint density at radius 1 is 1.32 bits per heavy atom. The van der Waals surface area contributed by atoms with E-state index in [1.807, 2.05) is 30.5 Å². The van der Waals surface area contributed by atoms with E-state index in [-0.39, 0.29) is 5.91 Å². The second-order valence-electron chi connectivity index (χ2n) is 5.78. The van der Waals surface area contributed by atoms with Gasteiger partial charge in [-0.05, 0) is 48.5 Å². The predicted octanol–water partition coefficient (Wildman–Crippen LogP) is 2.46. The third kappa shape index (κ3) is 7.71. The molecular weight excluding hydrogens is 296 g/mol. The molecule has 0 heterocycles. The Labute approximate surface area is 138 Å². The molecule has 1 rings (SSSR count). The Morgan fingerprint density at radius 2 is 2.00 bits per heavy atom. The van der Waals surface area contributed by atoms with Crippen LogP contribution in [0.1, 0.15) is 25.8 Å². The number of hydrogen-bond donors (Lipinski definition) is 2. The van der Waals surface area contributed by atoms with Gasteiger partial charge in [0.15, 0.2) is 0 Å². The second kappa shape index (κ2) is 10.5. The predicted molar refractivity (Wildman–Crippen MR) is 94.5 cm³/mol. The first kappa shape index (κ1) is 18.8. The first-order valence-electron chi connectivity index (χ1n) is 7.77. The number of carbonyl (C=O) groups is 1. The lowest BCUT2D eigenvalue weighted by atomic mass is 10.1. The lowest BCUT2D eigenvalue weighted by Gasteiger charge is -2.12. The van der Waals surface area contributed by atoms with Gasteiger partial charge in [-0.1, -0.05) is 26.0 Å². The molecule has 0 bridgehead atoms. The summed E-state index contributed by atoms with van der Waals surface area (Å²) in [4.78, 5) is 11.8. The number of rotatable bonds is 10. The monoisotopic (exact) mass is 324 g/mol. The van der Waals surface area contributed by atoms with E-state index in [4.69, 9.17) is 10.5 Å². The molecule has 1 amide bonds. The van der Waals surface area contributed by atoms with Crippen LogP contribution >= 0.6 is 11.8 Å². The van der Waals surface area contributed by atoms with Crippen LogP contribution in [-0.4, -0.2) is 37.1 Å². The number of amides is 1. The lowest BCUT2D eigenvalue weighted by molar-refractivity contribution is -0.122. The van der Waals surface area contributed by atoms with E-state index in [1.165, 1.54) is 5.56 Å². The van der Waals surface area contributed by atoms with Crippen molar-refractivity contribution >= 4 is 17.7 Å². The van der Waals surface area contributed by atoms with Gasteiger partial charge in [0.25, 0.3) is 0 Å². The highest BCUT2D eigenvalue weighted by Gasteiger charge is 2.11. The van der Waals surface area contributed by atoms with Gasteiger partial charge in [-0.25, -0.2) is 0 Å². The van der Waals surface area contributed by atoms with Crippen LogP contribution in [0, 0.1) is 5.92 Å². The minimum absolute atomic E-state index is 0.0639. The van der Waals surface area contributed by atoms with Crippen LogP contribution in [0.25, 0.3) is 0 Å². The largest absolute Gasteiger partial charge is 0.493 e. The molecule has 0 aliphatic carbocycles. The number of nitrogens with two attached hydrogens (primary N) is 1. The molecule has 22 heavy (non-hydrogen) atoms. The number of thioether (sulfide) groups is 1. The first-order valence-corrected chi connectivity index (χ1v) is 9.16. The van der Waals surface area contributed by atoms with E-state index in [1.54, 1.807) is 11.8 Å². The van der Waals surface area contributed by atoms with E-state index in [0.29, 0.717) is 12.5 Å². The molecule has 3 N–H and O–H groups in total. The summed E-state index contributed by atoms with van der Waals surface area (Å²) in [6.45, 7) is 5.59. The van der Waals surface area contributed by atoms with Crippen LogP contribution in [0.5, 0.6) is 5.75 Å². The maximum atomic E-state index is 11.8. The van der Waals surface area contributed by atoms with E-state index in [9.17, 15) is 4.79 Å². The Morgan fingerprint density at radius 3 is 2.59 bits per heavy atom. The quantitative estimate of drug-likeness (QED) is 0.694. The molecular formula is C17H28N2O2S. The SMILES string of the molecule is CSCC[C@H](N)C(=O)NCCc1ccc(OCC(C)C)cc1. The summed E-state index contributed by atoms with van der Waals surface area (Å²) in [5.41, 5.74) is 6.99. The maximum Gasteiger partial charge on any atom is 0.236 e. The van der Waals surface area contributed by atoms with Crippen molar-refractivity contribution in [3.05, 3.63) is 29.8 Å². The van der Waals surface area contributed by atoms with E-state index >= 15 is 0 Å². The van der Waals surface area contributed by atoms with Crippen molar-refractivity contribution in [2.75, 3.05) is 25.2 Å². The Kier molecular flexibility index (Phi) is 9.01. The van der Waals surface area contributed by atoms with Crippen molar-refractivity contribution in [2.45, 2.75) is 32.7 Å². The zero-order valence-corrected chi connectivity index (χ0v) is 14.6. The topological polar surface area (TPSA) is 64.4 Å². The van der Waals surface area contributed by atoms with E-state index in [0.717, 1.165) is 31.0 Å². The smallest absolute Gasteiger partial charge is 0.236 e. The van der Waals surface area contributed by atoms with Crippen LogP contribution in [0.3, 0.4) is 0 Å². The Balaban J connectivity index is 2.28. The van der Waals surface area contributed by atoms with Gasteiger partial charge in [-0.15, -0.1) is 0 Å². The average Bonchev–Trinajstić information content (AvgIpc) is 2.51. The fourth-order valence-electron chi connectivity index (χ4n) is 1.85. The maximum absolute atomic E-state index is 11.8. The van der Waals surface area contributed by atoms with Crippen LogP contribution in [-0.2, 0) is 11.2 Å². The van der Waals surface area contributed by atoms with Gasteiger partial charge >= 0.3 is 0 Å². The average molecular weight is 324 g/mol. The summed E-state index contributed by atoms with van der Waals surface area (Å²) in [7, 11) is 0. The highest BCUT2D eigenvalue weighted by atomic mass is 32.2. The fraction of sp³-hybridized carbons (Fsp3) is 0.588. The molecule has 5 heteroatoms. The number of ether oxygens (including phenoxy) is 1. The summed E-state index contributed by atoms with van der Waals surface area (Å²) in [5, 5.41) is 2.89. The van der Waals surface area contributed by atoms with Crippen molar-refractivity contribution in [3.8, 4) is 5.75 Å². The minimum Gasteiger partial charge on any atom is -0.493 e. The Bertz CT molecular complexity index is 435. The molecule has 0 saturated heterocycles. The zero-order valence-electron chi connectivity index (χ0n) is 13.8. The summed E-state index contributed by atoms with van der Waals surface area (Å²) in [5.74, 6) is 2.25. The van der Waals surface area contributed by atoms with Crippen molar-refractivity contribution in [2.24, 2.45) is 11.7 Å². The summed E-state index contributed by atoms with van der Waals surface area (Å²) in [6.07, 6.45) is 3.53. The molecule has 0 spiro atoms. The molecule has 0 unspecified atom stereocenters. The van der Waals surface area contributed by atoms with Gasteiger partial charge in [-0.3, -0.25) is 4.79 Å². The molecule has 4 nitrogen and oxygen atoms in total. The van der Waals surface area contributed by atoms with Crippen molar-refractivity contribution in [3.63, 3.8) is 0 Å². The molecule has 1 aromatic rings. The minimum atomic E-state index is -0.403. The van der Waals surface area contributed by atoms with Crippen LogP contribution in [0.2, 0.25) is 0 Å². The third-order valence-electron chi connectivity index (χ3n) is 3.19. The molecule has 0 aliphatic heterocycles. The van der Waals surface area contributed by atoms with Crippen LogP contribution in [0.15, 0.2) is 24.3 Å². The van der Waals surface area contributed by atoms with Gasteiger partial charge in [0, 0.05) is 6.54 Å². The number of carbonyl (C=O) groups excluding carboxylic acids is 1. The van der Waals surface area contributed by atoms with E-state index < -0.39 is 6.04 Å². The Hall–Kier alpha value is -1.20. The van der Waals surface area contributed by atoms with Gasteiger partial charge in [0.1, 0.15) is 5.75 Å². The summed E-state index contributed by atoms with van der Waals surface area (Å²) < 4.78 is 5.65. The van der Waals surface area contributed by atoms with Crippen LogP contribution < -0.4 is 15.8 Å². The highest BCUT2D eigenvalue weighted by Crippen LogP contribution is 2.13. The molecule has 1 atom stereocenters. The lowest BCUT2D eigenvalue weighted by Crippen LogP contribution is -2.41. The highest BCUT2D eigenvalue weighted by molar-refractivity contribution is 7.98. The molecule has 1 aromatic carbocycles. The second-order valence-corrected chi connectivity index (χ2v) is 6.76. The zero-order chi connectivity index (χ0) is 16.4. The van der Waals surface area contributed by atoms with Gasteiger partial charge in [0.05, 0.1) is 12.6 Å². The van der Waals surface area contributed by atoms with Crippen molar-refractivity contribution < 1.29 is 9.53 Å². The molecule has 124 valence electrons. The third-order valence-corrected chi connectivity index (χ3v) is 3.83. The standard InChI is InChI=1S/C17H28N2O2S/c1-13(2)12-21-15-6-4-14(5-7-15)8-10-19-17(20)16(18)9-11-22-3/h4-7,13,16H,8-12,18H2,1-3H3,(H,19,20)/t16-/m0/s1. The van der Waals surface area contributed by atoms with E-state index in [2.05, 4.69) is 19.2 Å². The fourth-order valence-corrected chi connectivity index (χ4v) is 2.34. The molecule has 0 aliphatic rings. The molecule has 0 aromatic heterocycles. The van der Waals surface area contributed by atoms with Gasteiger partial charge in [-0.2, -0.15) is 11.8 Å². The number of hydrogen-bond acceptors (Lipinski definition) is 4. The van der Waals surface area contributed by atoms with Crippen molar-refractivity contribution in [1.29, 1.82) is 0 Å². The molecule has 0 fully saturated rings. The van der Waals surface area contributed by atoms with Gasteiger partial charge < -0.3 is 15.8 Å². The molecule has 0 radical (unpaired) electrons. The van der Waals surface area contributed by atoms with Gasteiger partial charge in [0.2, 0.25) is 5.91 Å². The van der Waals surface area contributed by atoms with Crippen LogP contribution in [0.4, 0.5) is 0 Å². The number of benzene rings is 1. The number of nitrogens with one attached hydrogen (secondary N) is 1. The normalized spacial score (nSPS) is 12.2. The van der Waals surface area contributed by atoms with Crippen molar-refractivity contribution in [1.82, 2.24) is 5.32 Å². The first-order chi connectivity index (χ1) is 10.5. The molecule has 0 saturated carbocycles. The summed E-state index contributed by atoms with van der Waals surface area (Å²) in [6, 6.07) is 7.62. The summed E-state index contributed by atoms with van der Waals surface area (Å²) >= 11 is 1.70.